The zero-order valence-corrected chi connectivity index (χ0v) is 49.4. The number of hydrogen-bond donors (Lipinski definition) is 0. The first-order valence-electron chi connectivity index (χ1n) is 30.6. The van der Waals surface area contributed by atoms with Crippen molar-refractivity contribution in [1.29, 1.82) is 0 Å². The van der Waals surface area contributed by atoms with E-state index in [0.29, 0.717) is 23.3 Å². The van der Waals surface area contributed by atoms with Crippen molar-refractivity contribution in [2.24, 2.45) is 0 Å². The van der Waals surface area contributed by atoms with E-state index in [2.05, 4.69) is 271 Å². The number of benzene rings is 12. The molecule has 0 aliphatic carbocycles. The van der Waals surface area contributed by atoms with Gasteiger partial charge in [0.2, 0.25) is 0 Å². The molecule has 90 heavy (non-hydrogen) atoms. The highest BCUT2D eigenvalue weighted by Crippen LogP contribution is 2.45. The molecule has 0 amide bonds. The van der Waals surface area contributed by atoms with Crippen molar-refractivity contribution in [3.05, 3.63) is 308 Å². The largest absolute Gasteiger partial charge is 0.311 e. The molecule has 5 heterocycles. The Bertz CT molecular complexity index is 5150. The molecular weight excluding hydrogens is 1100 g/mol. The summed E-state index contributed by atoms with van der Waals surface area (Å²) in [5, 5.41) is 2.36. The lowest BCUT2D eigenvalue weighted by molar-refractivity contribution is 1.06. The van der Waals surface area contributed by atoms with Gasteiger partial charge in [-0.05, 0) is 138 Å². The summed E-state index contributed by atoms with van der Waals surface area (Å²) >= 11 is 0. The number of anilines is 6. The lowest BCUT2D eigenvalue weighted by Crippen LogP contribution is -2.61. The van der Waals surface area contributed by atoms with Gasteiger partial charge in [-0.15, -0.1) is 0 Å². The molecule has 0 N–H and O–H groups in total. The van der Waals surface area contributed by atoms with E-state index in [9.17, 15) is 0 Å². The Morgan fingerprint density at radius 2 is 0.689 bits per heavy atom. The maximum Gasteiger partial charge on any atom is 0.252 e. The molecule has 422 valence electrons. The lowest BCUT2D eigenvalue weighted by atomic mass is 9.33. The van der Waals surface area contributed by atoms with Crippen LogP contribution in [0.25, 0.3) is 107 Å². The fraction of sp³-hybridized carbons (Fsp3) is 0.0247. The molecule has 12 aromatic carbocycles. The first-order valence-corrected chi connectivity index (χ1v) is 30.6. The van der Waals surface area contributed by atoms with Crippen molar-refractivity contribution < 1.29 is 0 Å². The van der Waals surface area contributed by atoms with Gasteiger partial charge in [0.1, 0.15) is 0 Å². The summed E-state index contributed by atoms with van der Waals surface area (Å²) in [6, 6.07) is 106. The second kappa shape index (κ2) is 21.6. The standard InChI is InChI=1S/C81H55BN8/c1-52-34-45-70-63(48-52)64-49-53(2)35-46-71(64)90(70)72-47-42-60(80-83-68(56-20-7-3-8-21-56)51-69(84-80)57-22-9-4-10-23-57)50-65(72)81-86-78(58-24-11-5-12-25-58)85-79(87-81)59-38-36-54(37-39-59)55-40-43-62(44-41-55)89-74-31-18-16-29-67(74)82-66-28-15-17-30-73(66)88(61-26-13-6-14-27-61)75-32-19-33-76(89)77(75)82/h3-51H,1-2H3. The van der Waals surface area contributed by atoms with E-state index >= 15 is 0 Å². The van der Waals surface area contributed by atoms with Gasteiger partial charge in [0, 0.05) is 78.3 Å². The smallest absolute Gasteiger partial charge is 0.252 e. The van der Waals surface area contributed by atoms with Gasteiger partial charge in [-0.3, -0.25) is 0 Å². The lowest BCUT2D eigenvalue weighted by Gasteiger charge is -2.44. The number of fused-ring (bicyclic) bond motifs is 7. The molecule has 8 nitrogen and oxygen atoms in total. The van der Waals surface area contributed by atoms with Crippen LogP contribution in [0.1, 0.15) is 11.1 Å². The van der Waals surface area contributed by atoms with Crippen molar-refractivity contribution in [1.82, 2.24) is 29.5 Å². The average molecular weight is 1150 g/mol. The second-order valence-corrected chi connectivity index (χ2v) is 23.4. The molecule has 0 fully saturated rings. The minimum absolute atomic E-state index is 0.0779. The third kappa shape index (κ3) is 8.97. The maximum absolute atomic E-state index is 5.50. The summed E-state index contributed by atoms with van der Waals surface area (Å²) in [5.74, 6) is 2.23. The second-order valence-electron chi connectivity index (χ2n) is 23.4. The normalized spacial score (nSPS) is 12.3. The number of aromatic nitrogens is 6. The third-order valence-corrected chi connectivity index (χ3v) is 17.8. The summed E-state index contributed by atoms with van der Waals surface area (Å²) in [6.45, 7) is 4.39. The highest BCUT2D eigenvalue weighted by Gasteiger charge is 2.43. The summed E-state index contributed by atoms with van der Waals surface area (Å²) in [7, 11) is 0. The molecule has 0 bridgehead atoms. The van der Waals surface area contributed by atoms with Gasteiger partial charge in [-0.2, -0.15) is 0 Å². The SMILES string of the molecule is Cc1ccc2c(c1)c1cc(C)ccc1n2-c1ccc(-c2nc(-c3ccccc3)cc(-c3ccccc3)n2)cc1-c1nc(-c2ccccc2)nc(-c2ccc(-c3ccc(N4c5ccccc5B5c6ccccc6N(c6ccccc6)c6cccc4c65)cc3)cc2)n1. The number of para-hydroxylation sites is 3. The Balaban J connectivity index is 0.786. The van der Waals surface area contributed by atoms with Crippen molar-refractivity contribution >= 4 is 79.0 Å². The first kappa shape index (κ1) is 52.5. The van der Waals surface area contributed by atoms with Crippen molar-refractivity contribution in [2.45, 2.75) is 13.8 Å². The summed E-state index contributed by atoms with van der Waals surface area (Å²) in [4.78, 5) is 31.7. The van der Waals surface area contributed by atoms with Gasteiger partial charge in [-0.25, -0.2) is 24.9 Å². The average Bonchev–Trinajstić information content (AvgIpc) is 0.756. The monoisotopic (exact) mass is 1150 g/mol. The van der Waals surface area contributed by atoms with Gasteiger partial charge >= 0.3 is 0 Å². The maximum atomic E-state index is 5.50. The highest BCUT2D eigenvalue weighted by molar-refractivity contribution is 7.00. The van der Waals surface area contributed by atoms with Crippen molar-refractivity contribution in [2.75, 3.05) is 9.80 Å². The molecule has 0 spiro atoms. The van der Waals surface area contributed by atoms with Gasteiger partial charge in [-0.1, -0.05) is 211 Å². The molecule has 0 unspecified atom stereocenters. The van der Waals surface area contributed by atoms with E-state index in [1.54, 1.807) is 0 Å². The summed E-state index contributed by atoms with van der Waals surface area (Å²) in [6.07, 6.45) is 0. The van der Waals surface area contributed by atoms with Crippen molar-refractivity contribution in [3.63, 3.8) is 0 Å². The van der Waals surface area contributed by atoms with E-state index in [0.717, 1.165) is 84.0 Å². The van der Waals surface area contributed by atoms with Crippen LogP contribution in [0.15, 0.2) is 297 Å². The molecule has 3 aromatic heterocycles. The van der Waals surface area contributed by atoms with Crippen LogP contribution < -0.4 is 26.2 Å². The summed E-state index contributed by atoms with van der Waals surface area (Å²) in [5.41, 5.74) is 25.6. The molecule has 0 radical (unpaired) electrons. The Kier molecular flexibility index (Phi) is 12.6. The number of hydrogen-bond acceptors (Lipinski definition) is 7. The van der Waals surface area contributed by atoms with Gasteiger partial charge in [0.25, 0.3) is 6.71 Å². The zero-order chi connectivity index (χ0) is 59.8. The Labute approximate surface area is 522 Å². The minimum Gasteiger partial charge on any atom is -0.311 e. The topological polar surface area (TPSA) is 75.9 Å². The zero-order valence-electron chi connectivity index (χ0n) is 49.4. The molecule has 2 aliphatic heterocycles. The Hall–Kier alpha value is -11.8. The molecule has 9 heteroatoms. The van der Waals surface area contributed by atoms with E-state index in [4.69, 9.17) is 24.9 Å². The van der Waals surface area contributed by atoms with Gasteiger partial charge < -0.3 is 14.4 Å². The van der Waals surface area contributed by atoms with E-state index < -0.39 is 0 Å². The number of nitrogens with zero attached hydrogens (tertiary/aromatic N) is 8. The van der Waals surface area contributed by atoms with Crippen molar-refractivity contribution in [3.8, 4) is 84.9 Å². The van der Waals surface area contributed by atoms with Crippen LogP contribution in [0.3, 0.4) is 0 Å². The predicted molar refractivity (Wildman–Crippen MR) is 371 cm³/mol. The molecule has 2 aliphatic rings. The number of rotatable bonds is 10. The van der Waals surface area contributed by atoms with Crippen LogP contribution in [0, 0.1) is 13.8 Å². The molecule has 0 saturated carbocycles. The molecular formula is C81H55BN8. The van der Waals surface area contributed by atoms with Gasteiger partial charge in [0.15, 0.2) is 23.3 Å². The van der Waals surface area contributed by atoms with E-state index in [-0.39, 0.29) is 6.71 Å². The Morgan fingerprint density at radius 3 is 1.23 bits per heavy atom. The van der Waals surface area contributed by atoms with E-state index in [1.807, 2.05) is 54.6 Å². The van der Waals surface area contributed by atoms with Gasteiger partial charge in [0.05, 0.1) is 28.1 Å². The molecule has 15 aromatic rings. The van der Waals surface area contributed by atoms with Crippen LogP contribution in [0.5, 0.6) is 0 Å². The Morgan fingerprint density at radius 1 is 0.278 bits per heavy atom. The fourth-order valence-electron chi connectivity index (χ4n) is 13.6. The fourth-order valence-corrected chi connectivity index (χ4v) is 13.6. The van der Waals surface area contributed by atoms with Crippen LogP contribution in [-0.2, 0) is 0 Å². The minimum atomic E-state index is 0.0779. The predicted octanol–water partition coefficient (Wildman–Crippen LogP) is 18.1. The van der Waals surface area contributed by atoms with E-state index in [1.165, 1.54) is 61.0 Å². The van der Waals surface area contributed by atoms with Crippen LogP contribution in [-0.4, -0.2) is 36.2 Å². The molecule has 17 rings (SSSR count). The van der Waals surface area contributed by atoms with Crippen LogP contribution >= 0.6 is 0 Å². The quantitative estimate of drug-likeness (QED) is 0.126. The number of aryl methyl sites for hydroxylation is 2. The summed E-state index contributed by atoms with van der Waals surface area (Å²) < 4.78 is 2.36. The highest BCUT2D eigenvalue weighted by atomic mass is 15.2. The van der Waals surface area contributed by atoms with Crippen LogP contribution in [0.4, 0.5) is 34.1 Å². The first-order chi connectivity index (χ1) is 44.4. The molecule has 0 saturated heterocycles. The third-order valence-electron chi connectivity index (χ3n) is 17.8. The van der Waals surface area contributed by atoms with Crippen LogP contribution in [0.2, 0.25) is 0 Å². The molecule has 0 atom stereocenters.